The van der Waals surface area contributed by atoms with E-state index in [2.05, 4.69) is 5.32 Å². The molecular weight excluding hydrogens is 256 g/mol. The molecule has 0 saturated carbocycles. The van der Waals surface area contributed by atoms with Crippen LogP contribution in [-0.4, -0.2) is 31.9 Å². The van der Waals surface area contributed by atoms with Gasteiger partial charge in [0, 0.05) is 18.5 Å². The lowest BCUT2D eigenvalue weighted by molar-refractivity contribution is 0.135. The lowest BCUT2D eigenvalue weighted by atomic mass is 10.0. The number of ether oxygens (including phenoxy) is 2. The molecule has 1 aromatic rings. The topological polar surface area (TPSA) is 50.7 Å². The summed E-state index contributed by atoms with van der Waals surface area (Å²) in [6, 6.07) is 2.71. The monoisotopic (exact) mass is 273 g/mol. The number of benzene rings is 1. The maximum atomic E-state index is 13.1. The van der Waals surface area contributed by atoms with Crippen LogP contribution in [0.2, 0.25) is 0 Å². The van der Waals surface area contributed by atoms with E-state index in [1.807, 2.05) is 0 Å². The lowest BCUT2D eigenvalue weighted by Gasteiger charge is -2.18. The number of fused-ring (bicyclic) bond motifs is 1. The fraction of sp³-hybridized carbons (Fsp3) is 0.538. The van der Waals surface area contributed by atoms with Gasteiger partial charge in [0.15, 0.2) is 11.5 Å². The maximum Gasteiger partial charge on any atom is 0.264 e. The molecule has 1 aliphatic rings. The summed E-state index contributed by atoms with van der Waals surface area (Å²) >= 11 is 0. The highest BCUT2D eigenvalue weighted by Crippen LogP contribution is 2.38. The molecule has 1 aliphatic heterocycles. The molecule has 1 aromatic carbocycles. The maximum absolute atomic E-state index is 13.1. The molecule has 0 aliphatic carbocycles. The summed E-state index contributed by atoms with van der Waals surface area (Å²) in [6.07, 6.45) is -2.97. The molecule has 1 atom stereocenters. The molecule has 1 unspecified atom stereocenters. The zero-order valence-corrected chi connectivity index (χ0v) is 10.7. The molecule has 0 radical (unpaired) electrons. The van der Waals surface area contributed by atoms with Crippen molar-refractivity contribution >= 4 is 0 Å². The fourth-order valence-electron chi connectivity index (χ4n) is 2.02. The van der Waals surface area contributed by atoms with Gasteiger partial charge in [0.25, 0.3) is 6.43 Å². The Bertz CT molecular complexity index is 440. The first-order valence-corrected chi connectivity index (χ1v) is 6.17. The van der Waals surface area contributed by atoms with Crippen LogP contribution in [0.4, 0.5) is 8.78 Å². The lowest BCUT2D eigenvalue weighted by Crippen LogP contribution is -2.18. The number of hydrogen-bond donors (Lipinski definition) is 2. The minimum Gasteiger partial charge on any atom is -0.490 e. The first-order chi connectivity index (χ1) is 9.13. The molecule has 0 amide bonds. The zero-order valence-electron chi connectivity index (χ0n) is 10.7. The summed E-state index contributed by atoms with van der Waals surface area (Å²) in [6.45, 7) is 1.11. The van der Waals surface area contributed by atoms with Crippen LogP contribution in [0.1, 0.15) is 30.1 Å². The number of halogens is 2. The normalized spacial score (nSPS) is 16.3. The zero-order chi connectivity index (χ0) is 13.8. The quantitative estimate of drug-likeness (QED) is 0.881. The first-order valence-electron chi connectivity index (χ1n) is 6.17. The van der Waals surface area contributed by atoms with Crippen LogP contribution in [-0.2, 0) is 0 Å². The van der Waals surface area contributed by atoms with Crippen LogP contribution in [0.3, 0.4) is 0 Å². The molecule has 0 aromatic heterocycles. The molecule has 0 spiro atoms. The third kappa shape index (κ3) is 3.13. The smallest absolute Gasteiger partial charge is 0.264 e. The van der Waals surface area contributed by atoms with E-state index in [4.69, 9.17) is 9.47 Å². The van der Waals surface area contributed by atoms with E-state index in [9.17, 15) is 13.9 Å². The third-order valence-corrected chi connectivity index (χ3v) is 2.94. The van der Waals surface area contributed by atoms with Crippen LogP contribution in [0.5, 0.6) is 11.5 Å². The predicted octanol–water partition coefficient (Wildman–Crippen LogP) is 2.04. The molecule has 2 N–H and O–H groups in total. The second-order valence-electron chi connectivity index (χ2n) is 4.35. The van der Waals surface area contributed by atoms with E-state index in [1.165, 1.54) is 12.1 Å². The van der Waals surface area contributed by atoms with Gasteiger partial charge in [-0.05, 0) is 24.7 Å². The Morgan fingerprint density at radius 1 is 1.21 bits per heavy atom. The number of alkyl halides is 2. The molecule has 6 heteroatoms. The van der Waals surface area contributed by atoms with E-state index in [0.29, 0.717) is 31.1 Å². The van der Waals surface area contributed by atoms with Gasteiger partial charge in [0.2, 0.25) is 0 Å². The molecular formula is C13H17F2NO3. The van der Waals surface area contributed by atoms with Gasteiger partial charge in [0.1, 0.15) is 0 Å². The van der Waals surface area contributed by atoms with Crippen LogP contribution >= 0.6 is 0 Å². The second kappa shape index (κ2) is 6.16. The van der Waals surface area contributed by atoms with Gasteiger partial charge < -0.3 is 19.9 Å². The van der Waals surface area contributed by atoms with E-state index in [0.717, 1.165) is 0 Å². The standard InChI is InChI=1S/C13H17F2NO3/c1-16-7-10(17)8-5-11-12(6-9(8)13(14)15)19-4-2-3-18-11/h5-6,10,13,16-17H,2-4,7H2,1H3. The highest BCUT2D eigenvalue weighted by Gasteiger charge is 2.23. The largest absolute Gasteiger partial charge is 0.490 e. The summed E-state index contributed by atoms with van der Waals surface area (Å²) in [7, 11) is 1.65. The van der Waals surface area contributed by atoms with Crippen molar-refractivity contribution in [2.45, 2.75) is 19.0 Å². The number of nitrogens with one attached hydrogen (secondary N) is 1. The summed E-state index contributed by atoms with van der Waals surface area (Å²) in [5.41, 5.74) is -0.0411. The summed E-state index contributed by atoms with van der Waals surface area (Å²) < 4.78 is 37.0. The number of hydrogen-bond acceptors (Lipinski definition) is 4. The average molecular weight is 273 g/mol. The molecule has 4 nitrogen and oxygen atoms in total. The van der Waals surface area contributed by atoms with Gasteiger partial charge in [-0.15, -0.1) is 0 Å². The van der Waals surface area contributed by atoms with Crippen molar-refractivity contribution in [3.8, 4) is 11.5 Å². The minimum absolute atomic E-state index is 0.175. The van der Waals surface area contributed by atoms with Crippen molar-refractivity contribution in [1.82, 2.24) is 5.32 Å². The van der Waals surface area contributed by atoms with Gasteiger partial charge in [-0.25, -0.2) is 8.78 Å². The van der Waals surface area contributed by atoms with Gasteiger partial charge in [0.05, 0.1) is 19.3 Å². The first kappa shape index (κ1) is 14.0. The molecule has 0 bridgehead atoms. The highest BCUT2D eigenvalue weighted by atomic mass is 19.3. The molecule has 0 fully saturated rings. The van der Waals surface area contributed by atoms with E-state index in [1.54, 1.807) is 7.05 Å². The third-order valence-electron chi connectivity index (χ3n) is 2.94. The number of aliphatic hydroxyl groups is 1. The number of likely N-dealkylation sites (N-methyl/N-ethyl adjacent to an activating group) is 1. The van der Waals surface area contributed by atoms with Crippen LogP contribution in [0, 0.1) is 0 Å². The summed E-state index contributed by atoms with van der Waals surface area (Å²) in [4.78, 5) is 0. The van der Waals surface area contributed by atoms with Crippen molar-refractivity contribution in [3.05, 3.63) is 23.3 Å². The average Bonchev–Trinajstić information content (AvgIpc) is 2.61. The van der Waals surface area contributed by atoms with Gasteiger partial charge in [-0.1, -0.05) is 0 Å². The van der Waals surface area contributed by atoms with E-state index >= 15 is 0 Å². The molecule has 0 saturated heterocycles. The Kier molecular flexibility index (Phi) is 4.55. The Morgan fingerprint density at radius 3 is 2.32 bits per heavy atom. The minimum atomic E-state index is -2.67. The summed E-state index contributed by atoms with van der Waals surface area (Å²) in [5.74, 6) is 0.722. The van der Waals surface area contributed by atoms with E-state index < -0.39 is 12.5 Å². The van der Waals surface area contributed by atoms with Crippen LogP contribution in [0.15, 0.2) is 12.1 Å². The van der Waals surface area contributed by atoms with Crippen LogP contribution < -0.4 is 14.8 Å². The van der Waals surface area contributed by atoms with E-state index in [-0.39, 0.29) is 17.7 Å². The van der Waals surface area contributed by atoms with Crippen molar-refractivity contribution in [1.29, 1.82) is 0 Å². The fourth-order valence-corrected chi connectivity index (χ4v) is 2.02. The predicted molar refractivity (Wildman–Crippen MR) is 65.9 cm³/mol. The van der Waals surface area contributed by atoms with Crippen molar-refractivity contribution in [2.24, 2.45) is 0 Å². The highest BCUT2D eigenvalue weighted by molar-refractivity contribution is 5.49. The Hall–Kier alpha value is -1.40. The SMILES string of the molecule is CNCC(O)c1cc2c(cc1C(F)F)OCCCO2. The van der Waals surface area contributed by atoms with Crippen LogP contribution in [0.25, 0.3) is 0 Å². The Morgan fingerprint density at radius 2 is 1.79 bits per heavy atom. The second-order valence-corrected chi connectivity index (χ2v) is 4.35. The molecule has 1 heterocycles. The van der Waals surface area contributed by atoms with Gasteiger partial charge >= 0.3 is 0 Å². The molecule has 2 rings (SSSR count). The van der Waals surface area contributed by atoms with Crippen molar-refractivity contribution in [2.75, 3.05) is 26.8 Å². The van der Waals surface area contributed by atoms with Crippen molar-refractivity contribution in [3.63, 3.8) is 0 Å². The Balaban J connectivity index is 2.42. The Labute approximate surface area is 110 Å². The number of rotatable bonds is 4. The molecule has 106 valence electrons. The molecule has 19 heavy (non-hydrogen) atoms. The van der Waals surface area contributed by atoms with Crippen molar-refractivity contribution < 1.29 is 23.4 Å². The van der Waals surface area contributed by atoms with Gasteiger partial charge in [-0.2, -0.15) is 0 Å². The van der Waals surface area contributed by atoms with Gasteiger partial charge in [-0.3, -0.25) is 0 Å². The number of aliphatic hydroxyl groups excluding tert-OH is 1. The summed E-state index contributed by atoms with van der Waals surface area (Å²) in [5, 5.41) is 12.7.